The molecule has 0 radical (unpaired) electrons. The van der Waals surface area contributed by atoms with Gasteiger partial charge in [0.05, 0.1) is 5.69 Å². The summed E-state index contributed by atoms with van der Waals surface area (Å²) in [5, 5.41) is 10.0. The third kappa shape index (κ3) is 2.44. The van der Waals surface area contributed by atoms with E-state index in [2.05, 4.69) is 10.4 Å². The third-order valence-corrected chi connectivity index (χ3v) is 5.19. The number of carbonyl (C=O) groups is 1. The molecule has 0 fully saturated rings. The number of hydrogen-bond acceptors (Lipinski definition) is 4. The Hall–Kier alpha value is -3.41. The zero-order chi connectivity index (χ0) is 18.5. The van der Waals surface area contributed by atoms with Gasteiger partial charge in [0.2, 0.25) is 0 Å². The second kappa shape index (κ2) is 5.81. The highest BCUT2D eigenvalue weighted by Crippen LogP contribution is 2.29. The van der Waals surface area contributed by atoms with Crippen molar-refractivity contribution in [3.8, 4) is 0 Å². The van der Waals surface area contributed by atoms with Gasteiger partial charge >= 0.3 is 5.63 Å². The molecule has 1 N–H and O–H groups in total. The highest BCUT2D eigenvalue weighted by Gasteiger charge is 2.24. The number of hydrogen-bond donors (Lipinski definition) is 1. The van der Waals surface area contributed by atoms with E-state index in [9.17, 15) is 9.59 Å². The second-order valence-electron chi connectivity index (χ2n) is 6.85. The second-order valence-corrected chi connectivity index (χ2v) is 6.85. The lowest BCUT2D eigenvalue weighted by molar-refractivity contribution is 0.102. The Morgan fingerprint density at radius 3 is 2.89 bits per heavy atom. The number of benzene rings is 2. The molecule has 0 atom stereocenters. The average molecular weight is 359 g/mol. The SMILES string of the molecule is Cn1nc2c(c1NC(=O)c1cc3c(ccc4ccccc43)oc1=O)CCC2. The quantitative estimate of drug-likeness (QED) is 0.439. The van der Waals surface area contributed by atoms with Gasteiger partial charge in [0.25, 0.3) is 5.91 Å². The Morgan fingerprint density at radius 2 is 2.00 bits per heavy atom. The lowest BCUT2D eigenvalue weighted by Crippen LogP contribution is -2.22. The maximum absolute atomic E-state index is 12.9. The van der Waals surface area contributed by atoms with Crippen LogP contribution in [0.5, 0.6) is 0 Å². The average Bonchev–Trinajstić information content (AvgIpc) is 3.23. The lowest BCUT2D eigenvalue weighted by Gasteiger charge is -2.08. The molecule has 0 unspecified atom stereocenters. The van der Waals surface area contributed by atoms with Gasteiger partial charge in [-0.05, 0) is 42.2 Å². The van der Waals surface area contributed by atoms with Crippen LogP contribution in [0.1, 0.15) is 28.0 Å². The van der Waals surface area contributed by atoms with Crippen molar-refractivity contribution < 1.29 is 9.21 Å². The van der Waals surface area contributed by atoms with Crippen LogP contribution >= 0.6 is 0 Å². The van der Waals surface area contributed by atoms with Crippen molar-refractivity contribution in [2.75, 3.05) is 5.32 Å². The van der Waals surface area contributed by atoms with Crippen LogP contribution in [0.25, 0.3) is 21.7 Å². The standard InChI is InChI=1S/C21H17N3O3/c1-24-19(14-7-4-8-17(14)23-24)22-20(25)16-11-15-13-6-3-2-5-12(13)9-10-18(15)27-21(16)26/h2-3,5-6,9-11H,4,7-8H2,1H3,(H,22,25). The molecule has 1 aliphatic rings. The minimum absolute atomic E-state index is 0.00759. The van der Waals surface area contributed by atoms with Crippen LogP contribution in [0.15, 0.2) is 51.7 Å². The predicted octanol–water partition coefficient (Wildman–Crippen LogP) is 3.42. The van der Waals surface area contributed by atoms with Crippen LogP contribution in [0.4, 0.5) is 5.82 Å². The van der Waals surface area contributed by atoms with Crippen LogP contribution in [0.2, 0.25) is 0 Å². The van der Waals surface area contributed by atoms with E-state index in [1.165, 1.54) is 0 Å². The Morgan fingerprint density at radius 1 is 1.15 bits per heavy atom. The highest BCUT2D eigenvalue weighted by atomic mass is 16.4. The van der Waals surface area contributed by atoms with Crippen LogP contribution in [-0.2, 0) is 19.9 Å². The van der Waals surface area contributed by atoms with Crippen molar-refractivity contribution in [3.63, 3.8) is 0 Å². The number of aromatic nitrogens is 2. The van der Waals surface area contributed by atoms with Gasteiger partial charge in [-0.2, -0.15) is 5.10 Å². The fourth-order valence-corrected chi connectivity index (χ4v) is 3.88. The first-order valence-corrected chi connectivity index (χ1v) is 8.93. The van der Waals surface area contributed by atoms with Crippen molar-refractivity contribution in [2.45, 2.75) is 19.3 Å². The first-order chi connectivity index (χ1) is 13.1. The predicted molar refractivity (Wildman–Crippen MR) is 103 cm³/mol. The minimum atomic E-state index is -0.644. The summed E-state index contributed by atoms with van der Waals surface area (Å²) in [6.07, 6.45) is 2.84. The van der Waals surface area contributed by atoms with E-state index < -0.39 is 11.5 Å². The molecule has 0 aliphatic heterocycles. The summed E-state index contributed by atoms with van der Waals surface area (Å²) in [6.45, 7) is 0. The van der Waals surface area contributed by atoms with Crippen LogP contribution in [0.3, 0.4) is 0 Å². The third-order valence-electron chi connectivity index (χ3n) is 5.19. The van der Waals surface area contributed by atoms with Crippen molar-refractivity contribution in [2.24, 2.45) is 7.05 Å². The van der Waals surface area contributed by atoms with Gasteiger partial charge in [-0.1, -0.05) is 30.3 Å². The van der Waals surface area contributed by atoms with E-state index >= 15 is 0 Å². The molecule has 4 aromatic rings. The highest BCUT2D eigenvalue weighted by molar-refractivity contribution is 6.10. The number of rotatable bonds is 2. The number of anilines is 1. The molecule has 2 aromatic carbocycles. The summed E-state index contributed by atoms with van der Waals surface area (Å²) in [4.78, 5) is 25.3. The smallest absolute Gasteiger partial charge is 0.349 e. The molecule has 27 heavy (non-hydrogen) atoms. The minimum Gasteiger partial charge on any atom is -0.422 e. The van der Waals surface area contributed by atoms with E-state index in [0.29, 0.717) is 11.4 Å². The van der Waals surface area contributed by atoms with Gasteiger partial charge in [-0.15, -0.1) is 0 Å². The first-order valence-electron chi connectivity index (χ1n) is 8.93. The molecule has 0 bridgehead atoms. The van der Waals surface area contributed by atoms with Crippen molar-refractivity contribution in [1.29, 1.82) is 0 Å². The van der Waals surface area contributed by atoms with Crippen molar-refractivity contribution >= 4 is 33.5 Å². The fourth-order valence-electron chi connectivity index (χ4n) is 3.88. The van der Waals surface area contributed by atoms with Gasteiger partial charge in [-0.25, -0.2) is 4.79 Å². The van der Waals surface area contributed by atoms with Crippen LogP contribution < -0.4 is 10.9 Å². The molecular formula is C21H17N3O3. The van der Waals surface area contributed by atoms with E-state index in [1.54, 1.807) is 23.9 Å². The Labute approximate surface area is 154 Å². The molecule has 6 nitrogen and oxygen atoms in total. The lowest BCUT2D eigenvalue weighted by atomic mass is 10.0. The number of amides is 1. The van der Waals surface area contributed by atoms with Gasteiger partial charge in [-0.3, -0.25) is 9.48 Å². The maximum atomic E-state index is 12.9. The molecule has 2 aromatic heterocycles. The van der Waals surface area contributed by atoms with Crippen molar-refractivity contribution in [3.05, 3.63) is 69.7 Å². The number of nitrogens with zero attached hydrogens (tertiary/aromatic N) is 2. The van der Waals surface area contributed by atoms with Gasteiger partial charge in [0.15, 0.2) is 0 Å². The molecule has 2 heterocycles. The van der Waals surface area contributed by atoms with Gasteiger partial charge < -0.3 is 9.73 Å². The first kappa shape index (κ1) is 15.8. The molecule has 1 amide bonds. The van der Waals surface area contributed by atoms with Gasteiger partial charge in [0, 0.05) is 18.0 Å². The fraction of sp³-hybridized carbons (Fsp3) is 0.190. The largest absolute Gasteiger partial charge is 0.422 e. The summed E-state index contributed by atoms with van der Waals surface area (Å²) >= 11 is 0. The van der Waals surface area contributed by atoms with Gasteiger partial charge in [0.1, 0.15) is 17.0 Å². The topological polar surface area (TPSA) is 77.1 Å². The summed E-state index contributed by atoms with van der Waals surface area (Å²) in [5.74, 6) is 0.182. The molecule has 1 aliphatic carbocycles. The molecule has 0 saturated carbocycles. The van der Waals surface area contributed by atoms with E-state index in [4.69, 9.17) is 4.42 Å². The Bertz CT molecular complexity index is 1280. The van der Waals surface area contributed by atoms with E-state index in [-0.39, 0.29) is 5.56 Å². The number of aryl methyl sites for hydroxylation is 2. The van der Waals surface area contributed by atoms with E-state index in [0.717, 1.165) is 46.7 Å². The number of nitrogens with one attached hydrogen (secondary N) is 1. The van der Waals surface area contributed by atoms with Crippen LogP contribution in [0, 0.1) is 0 Å². The summed E-state index contributed by atoms with van der Waals surface area (Å²) in [5.41, 5.74) is 1.89. The summed E-state index contributed by atoms with van der Waals surface area (Å²) in [7, 11) is 1.80. The number of fused-ring (bicyclic) bond motifs is 4. The summed E-state index contributed by atoms with van der Waals surface area (Å²) < 4.78 is 7.09. The number of carbonyl (C=O) groups excluding carboxylic acids is 1. The molecule has 0 saturated heterocycles. The Kier molecular flexibility index (Phi) is 3.40. The zero-order valence-electron chi connectivity index (χ0n) is 14.8. The molecule has 0 spiro atoms. The molecule has 5 rings (SSSR count). The maximum Gasteiger partial charge on any atom is 0.349 e. The van der Waals surface area contributed by atoms with Crippen LogP contribution in [-0.4, -0.2) is 15.7 Å². The van der Waals surface area contributed by atoms with E-state index in [1.807, 2.05) is 30.3 Å². The zero-order valence-corrected chi connectivity index (χ0v) is 14.8. The molecular weight excluding hydrogens is 342 g/mol. The Balaban J connectivity index is 1.62. The normalized spacial score (nSPS) is 13.2. The molecule has 134 valence electrons. The summed E-state index contributed by atoms with van der Waals surface area (Å²) in [6, 6.07) is 13.1. The molecule has 6 heteroatoms. The monoisotopic (exact) mass is 359 g/mol. The van der Waals surface area contributed by atoms with Crippen molar-refractivity contribution in [1.82, 2.24) is 9.78 Å².